The number of rotatable bonds is 5. The topological polar surface area (TPSA) is 75.3 Å². The number of nitrogens with one attached hydrogen (secondary N) is 2. The Morgan fingerprint density at radius 3 is 2.25 bits per heavy atom. The van der Waals surface area contributed by atoms with E-state index in [1.807, 2.05) is 0 Å². The second kappa shape index (κ2) is 4.58. The molecule has 1 amide bonds. The van der Waals surface area contributed by atoms with Gasteiger partial charge in [-0.15, -0.1) is 0 Å². The van der Waals surface area contributed by atoms with Crippen molar-refractivity contribution in [3.63, 3.8) is 0 Å². The van der Waals surface area contributed by atoms with Crippen molar-refractivity contribution >= 4 is 15.9 Å². The lowest BCUT2D eigenvalue weighted by atomic mass is 10.4. The van der Waals surface area contributed by atoms with Crippen LogP contribution in [-0.2, 0) is 14.8 Å². The fourth-order valence-electron chi connectivity index (χ4n) is 0.943. The van der Waals surface area contributed by atoms with Gasteiger partial charge in [-0.05, 0) is 12.8 Å². The molecular formula is C7H11F3N2O3S. The fourth-order valence-corrected chi connectivity index (χ4v) is 1.48. The van der Waals surface area contributed by atoms with Gasteiger partial charge in [-0.2, -0.15) is 13.2 Å². The van der Waals surface area contributed by atoms with E-state index >= 15 is 0 Å². The molecule has 0 atom stereocenters. The summed E-state index contributed by atoms with van der Waals surface area (Å²) in [6.07, 6.45) is 1.56. The molecule has 0 saturated heterocycles. The lowest BCUT2D eigenvalue weighted by molar-refractivity contribution is -0.122. The molecule has 1 fully saturated rings. The molecule has 9 heteroatoms. The average Bonchev–Trinajstić information content (AvgIpc) is 2.93. The maximum absolute atomic E-state index is 11.8. The van der Waals surface area contributed by atoms with Crippen LogP contribution in [0.1, 0.15) is 12.8 Å². The summed E-state index contributed by atoms with van der Waals surface area (Å²) in [6.45, 7) is -0.620. The summed E-state index contributed by atoms with van der Waals surface area (Å²) in [5.41, 5.74) is -5.31. The van der Waals surface area contributed by atoms with Crippen LogP contribution in [0.4, 0.5) is 13.2 Å². The monoisotopic (exact) mass is 260 g/mol. The van der Waals surface area contributed by atoms with Gasteiger partial charge in [0.15, 0.2) is 0 Å². The average molecular weight is 260 g/mol. The molecular weight excluding hydrogens is 249 g/mol. The lowest BCUT2D eigenvalue weighted by Crippen LogP contribution is -2.41. The largest absolute Gasteiger partial charge is 0.511 e. The number of halogens is 3. The zero-order chi connectivity index (χ0) is 12.4. The van der Waals surface area contributed by atoms with E-state index in [2.05, 4.69) is 5.32 Å². The standard InChI is InChI=1S/C7H11F3N2O3S/c8-7(9,10)16(14,15)12-4-3-11-6(13)5-1-2-5/h5,12H,1-4H2,(H,11,13). The van der Waals surface area contributed by atoms with E-state index in [0.29, 0.717) is 0 Å². The van der Waals surface area contributed by atoms with Gasteiger partial charge in [-0.1, -0.05) is 0 Å². The molecule has 0 heterocycles. The second-order valence-corrected chi connectivity index (χ2v) is 5.17. The summed E-state index contributed by atoms with van der Waals surface area (Å²) in [5, 5.41) is 2.34. The summed E-state index contributed by atoms with van der Waals surface area (Å²) in [5.74, 6) is -0.301. The normalized spacial score (nSPS) is 17.2. The number of sulfonamides is 1. The van der Waals surface area contributed by atoms with Crippen LogP contribution in [-0.4, -0.2) is 32.9 Å². The third-order valence-corrected chi connectivity index (χ3v) is 3.16. The SMILES string of the molecule is O=C(NCCNS(=O)(=O)C(F)(F)F)C1CC1. The molecule has 16 heavy (non-hydrogen) atoms. The van der Waals surface area contributed by atoms with Gasteiger partial charge in [0.05, 0.1) is 0 Å². The predicted molar refractivity (Wildman–Crippen MR) is 48.7 cm³/mol. The number of hydrogen-bond acceptors (Lipinski definition) is 3. The van der Waals surface area contributed by atoms with Crippen LogP contribution in [0.3, 0.4) is 0 Å². The first-order valence-electron chi connectivity index (χ1n) is 4.57. The van der Waals surface area contributed by atoms with E-state index in [1.165, 1.54) is 4.72 Å². The van der Waals surface area contributed by atoms with Crippen LogP contribution in [0.5, 0.6) is 0 Å². The van der Waals surface area contributed by atoms with Crippen molar-refractivity contribution in [3.05, 3.63) is 0 Å². The summed E-state index contributed by atoms with van der Waals surface area (Å²) < 4.78 is 57.8. The second-order valence-electron chi connectivity index (χ2n) is 3.41. The van der Waals surface area contributed by atoms with Crippen molar-refractivity contribution in [2.24, 2.45) is 5.92 Å². The van der Waals surface area contributed by atoms with Crippen LogP contribution < -0.4 is 10.0 Å². The van der Waals surface area contributed by atoms with Crippen molar-refractivity contribution in [1.82, 2.24) is 10.0 Å². The van der Waals surface area contributed by atoms with Crippen molar-refractivity contribution < 1.29 is 26.4 Å². The Hall–Kier alpha value is -0.830. The molecule has 1 rings (SSSR count). The smallest absolute Gasteiger partial charge is 0.355 e. The molecule has 94 valence electrons. The molecule has 5 nitrogen and oxygen atoms in total. The Morgan fingerprint density at radius 2 is 1.81 bits per heavy atom. The van der Waals surface area contributed by atoms with Crippen LogP contribution >= 0.6 is 0 Å². The first-order valence-corrected chi connectivity index (χ1v) is 6.06. The van der Waals surface area contributed by atoms with Crippen LogP contribution in [0, 0.1) is 5.92 Å². The molecule has 0 aromatic heterocycles. The third kappa shape index (κ3) is 3.63. The Morgan fingerprint density at radius 1 is 1.25 bits per heavy atom. The number of amides is 1. The van der Waals surface area contributed by atoms with E-state index in [4.69, 9.17) is 0 Å². The first kappa shape index (κ1) is 13.2. The summed E-state index contributed by atoms with van der Waals surface area (Å²) in [4.78, 5) is 11.0. The van der Waals surface area contributed by atoms with E-state index < -0.39 is 22.1 Å². The molecule has 0 radical (unpaired) electrons. The van der Waals surface area contributed by atoms with Crippen molar-refractivity contribution in [2.75, 3.05) is 13.1 Å². The molecule has 0 aromatic carbocycles. The van der Waals surface area contributed by atoms with E-state index in [1.54, 1.807) is 0 Å². The van der Waals surface area contributed by atoms with E-state index in [9.17, 15) is 26.4 Å². The third-order valence-electron chi connectivity index (χ3n) is 1.97. The summed E-state index contributed by atoms with van der Waals surface area (Å²) >= 11 is 0. The van der Waals surface area contributed by atoms with Gasteiger partial charge in [0.1, 0.15) is 0 Å². The quantitative estimate of drug-likeness (QED) is 0.681. The minimum atomic E-state index is -5.31. The molecule has 0 spiro atoms. The van der Waals surface area contributed by atoms with Gasteiger partial charge >= 0.3 is 15.5 Å². The molecule has 1 aliphatic carbocycles. The number of alkyl halides is 3. The summed E-state index contributed by atoms with van der Waals surface area (Å²) in [6, 6.07) is 0. The Kier molecular flexibility index (Phi) is 3.79. The number of carbonyl (C=O) groups is 1. The fraction of sp³-hybridized carbons (Fsp3) is 0.857. The molecule has 1 aliphatic rings. The van der Waals surface area contributed by atoms with Crippen molar-refractivity contribution in [1.29, 1.82) is 0 Å². The lowest BCUT2D eigenvalue weighted by Gasteiger charge is -2.09. The van der Waals surface area contributed by atoms with Crippen molar-refractivity contribution in [3.8, 4) is 0 Å². The van der Waals surface area contributed by atoms with Crippen LogP contribution in [0.2, 0.25) is 0 Å². The highest BCUT2D eigenvalue weighted by Crippen LogP contribution is 2.28. The van der Waals surface area contributed by atoms with Gasteiger partial charge in [0.25, 0.3) is 0 Å². The maximum Gasteiger partial charge on any atom is 0.511 e. The number of carbonyl (C=O) groups excluding carboxylic acids is 1. The maximum atomic E-state index is 11.8. The van der Waals surface area contributed by atoms with Gasteiger partial charge < -0.3 is 5.32 Å². The van der Waals surface area contributed by atoms with Crippen LogP contribution in [0.25, 0.3) is 0 Å². The van der Waals surface area contributed by atoms with Crippen LogP contribution in [0.15, 0.2) is 0 Å². The van der Waals surface area contributed by atoms with Gasteiger partial charge in [-0.25, -0.2) is 13.1 Å². The Balaban J connectivity index is 2.22. The highest BCUT2D eigenvalue weighted by Gasteiger charge is 2.45. The summed E-state index contributed by atoms with van der Waals surface area (Å²) in [7, 11) is -5.30. The van der Waals surface area contributed by atoms with Crippen molar-refractivity contribution in [2.45, 2.75) is 18.3 Å². The Labute approximate surface area is 90.4 Å². The minimum absolute atomic E-state index is 0.0563. The zero-order valence-corrected chi connectivity index (χ0v) is 8.99. The molecule has 0 unspecified atom stereocenters. The highest BCUT2D eigenvalue weighted by molar-refractivity contribution is 7.90. The van der Waals surface area contributed by atoms with Gasteiger partial charge in [-0.3, -0.25) is 4.79 Å². The molecule has 0 bridgehead atoms. The Bertz CT molecular complexity index is 362. The molecule has 0 aliphatic heterocycles. The highest BCUT2D eigenvalue weighted by atomic mass is 32.2. The van der Waals surface area contributed by atoms with Gasteiger partial charge in [0, 0.05) is 19.0 Å². The van der Waals surface area contributed by atoms with E-state index in [-0.39, 0.29) is 18.4 Å². The van der Waals surface area contributed by atoms with Gasteiger partial charge in [0.2, 0.25) is 5.91 Å². The molecule has 1 saturated carbocycles. The zero-order valence-electron chi connectivity index (χ0n) is 8.17. The number of hydrogen-bond donors (Lipinski definition) is 2. The first-order chi connectivity index (χ1) is 7.24. The molecule has 2 N–H and O–H groups in total. The minimum Gasteiger partial charge on any atom is -0.355 e. The predicted octanol–water partition coefficient (Wildman–Crippen LogP) is -0.0482. The van der Waals surface area contributed by atoms with E-state index in [0.717, 1.165) is 12.8 Å². The molecule has 0 aromatic rings.